The Morgan fingerprint density at radius 2 is 1.67 bits per heavy atom. The Morgan fingerprint density at radius 3 is 2.44 bits per heavy atom. The number of fused-ring (bicyclic) bond motifs is 4. The Hall–Kier alpha value is -3.27. The van der Waals surface area contributed by atoms with E-state index in [1.807, 2.05) is 31.2 Å². The molecule has 1 aliphatic heterocycles. The van der Waals surface area contributed by atoms with Crippen molar-refractivity contribution in [1.82, 2.24) is 0 Å². The molecule has 1 aromatic heterocycles. The molecule has 1 aliphatic rings. The molecule has 4 heteroatoms. The Kier molecular flexibility index (Phi) is 3.47. The summed E-state index contributed by atoms with van der Waals surface area (Å²) in [6.07, 6.45) is 0. The Bertz CT molecular complexity index is 1240. The van der Waals surface area contributed by atoms with Crippen molar-refractivity contribution in [3.63, 3.8) is 0 Å². The molecule has 0 saturated carbocycles. The molecular formula is C23H19NO3. The highest BCUT2D eigenvalue weighted by atomic mass is 16.5. The summed E-state index contributed by atoms with van der Waals surface area (Å²) in [4.78, 5) is 14.6. The van der Waals surface area contributed by atoms with Crippen LogP contribution < -0.4 is 15.3 Å². The van der Waals surface area contributed by atoms with Crippen molar-refractivity contribution in [2.75, 3.05) is 11.6 Å². The lowest BCUT2D eigenvalue weighted by Gasteiger charge is -2.32. The molecule has 0 saturated heterocycles. The fourth-order valence-electron chi connectivity index (χ4n) is 3.86. The monoisotopic (exact) mass is 357 g/mol. The lowest BCUT2D eigenvalue weighted by Crippen LogP contribution is -2.32. The minimum atomic E-state index is -0.307. The maximum absolute atomic E-state index is 12.4. The van der Waals surface area contributed by atoms with Gasteiger partial charge in [0.05, 0.1) is 5.39 Å². The number of anilines is 1. The molecule has 4 nitrogen and oxygen atoms in total. The van der Waals surface area contributed by atoms with Gasteiger partial charge in [-0.1, -0.05) is 35.9 Å². The predicted octanol–water partition coefficient (Wildman–Crippen LogP) is 4.92. The minimum absolute atomic E-state index is 0.307. The number of hydrogen-bond donors (Lipinski definition) is 0. The summed E-state index contributed by atoms with van der Waals surface area (Å²) in [5, 5.41) is 2.48. The number of aryl methyl sites for hydroxylation is 2. The van der Waals surface area contributed by atoms with Gasteiger partial charge in [0, 0.05) is 28.7 Å². The molecule has 0 atom stereocenters. The van der Waals surface area contributed by atoms with E-state index in [2.05, 4.69) is 42.2 Å². The summed E-state index contributed by atoms with van der Waals surface area (Å²) in [6, 6.07) is 18.1. The Morgan fingerprint density at radius 1 is 0.926 bits per heavy atom. The summed E-state index contributed by atoms with van der Waals surface area (Å²) in [7, 11) is 0. The summed E-state index contributed by atoms with van der Waals surface area (Å²) in [5.74, 6) is 0.823. The SMILES string of the molecule is Cc1ccc(N2COc3c(cc4c(oc(=O)c5ccccc54)c3C)C2)cc1. The van der Waals surface area contributed by atoms with Crippen LogP contribution in [0.15, 0.2) is 63.8 Å². The van der Waals surface area contributed by atoms with E-state index < -0.39 is 0 Å². The quantitative estimate of drug-likeness (QED) is 0.358. The lowest BCUT2D eigenvalue weighted by molar-refractivity contribution is 0.287. The van der Waals surface area contributed by atoms with E-state index in [-0.39, 0.29) is 5.63 Å². The number of ether oxygens (including phenoxy) is 1. The van der Waals surface area contributed by atoms with Crippen molar-refractivity contribution in [2.24, 2.45) is 0 Å². The third-order valence-electron chi connectivity index (χ3n) is 5.29. The zero-order valence-electron chi connectivity index (χ0n) is 15.3. The van der Waals surface area contributed by atoms with Crippen molar-refractivity contribution in [3.05, 3.63) is 81.7 Å². The van der Waals surface area contributed by atoms with Crippen LogP contribution in [-0.4, -0.2) is 6.73 Å². The molecule has 0 bridgehead atoms. The van der Waals surface area contributed by atoms with Crippen LogP contribution in [0.2, 0.25) is 0 Å². The third kappa shape index (κ3) is 2.48. The summed E-state index contributed by atoms with van der Waals surface area (Å²) in [5.41, 5.74) is 4.66. The Labute approximate surface area is 156 Å². The van der Waals surface area contributed by atoms with Crippen LogP contribution in [0.25, 0.3) is 21.7 Å². The second-order valence-corrected chi connectivity index (χ2v) is 7.11. The van der Waals surface area contributed by atoms with Crippen LogP contribution in [-0.2, 0) is 6.54 Å². The van der Waals surface area contributed by atoms with Crippen LogP contribution in [0.5, 0.6) is 5.75 Å². The Balaban J connectivity index is 1.69. The highest BCUT2D eigenvalue weighted by Crippen LogP contribution is 2.37. The van der Waals surface area contributed by atoms with Gasteiger partial charge in [-0.2, -0.15) is 0 Å². The second-order valence-electron chi connectivity index (χ2n) is 7.11. The highest BCUT2D eigenvalue weighted by Gasteiger charge is 2.23. The average Bonchev–Trinajstić information content (AvgIpc) is 2.70. The molecule has 3 aromatic carbocycles. The van der Waals surface area contributed by atoms with Crippen molar-refractivity contribution in [3.8, 4) is 5.75 Å². The molecular weight excluding hydrogens is 338 g/mol. The van der Waals surface area contributed by atoms with Crippen LogP contribution in [0.3, 0.4) is 0 Å². The molecule has 2 heterocycles. The fraction of sp³-hybridized carbons (Fsp3) is 0.174. The molecule has 0 radical (unpaired) electrons. The van der Waals surface area contributed by atoms with E-state index in [1.54, 1.807) is 0 Å². The van der Waals surface area contributed by atoms with Gasteiger partial charge < -0.3 is 14.1 Å². The average molecular weight is 357 g/mol. The molecule has 0 unspecified atom stereocenters. The number of hydrogen-bond acceptors (Lipinski definition) is 4. The number of nitrogens with zero attached hydrogens (tertiary/aromatic N) is 1. The van der Waals surface area contributed by atoms with Gasteiger partial charge in [0.2, 0.25) is 0 Å². The molecule has 27 heavy (non-hydrogen) atoms. The standard InChI is InChI=1S/C23H19NO3/c1-14-7-9-17(10-8-14)24-12-16-11-20-18-5-3-4-6-19(18)23(25)27-22(20)15(2)21(16)26-13-24/h3-11H,12-13H2,1-2H3. The first-order chi connectivity index (χ1) is 13.1. The normalized spacial score (nSPS) is 13.6. The molecule has 0 aliphatic carbocycles. The van der Waals surface area contributed by atoms with Gasteiger partial charge in [-0.15, -0.1) is 0 Å². The van der Waals surface area contributed by atoms with Gasteiger partial charge in [0.25, 0.3) is 0 Å². The van der Waals surface area contributed by atoms with Crippen LogP contribution in [0.4, 0.5) is 5.69 Å². The summed E-state index contributed by atoms with van der Waals surface area (Å²) >= 11 is 0. The highest BCUT2D eigenvalue weighted by molar-refractivity contribution is 6.06. The fourth-order valence-corrected chi connectivity index (χ4v) is 3.86. The van der Waals surface area contributed by atoms with E-state index in [4.69, 9.17) is 9.15 Å². The van der Waals surface area contributed by atoms with Crippen molar-refractivity contribution in [1.29, 1.82) is 0 Å². The van der Waals surface area contributed by atoms with E-state index in [0.29, 0.717) is 17.7 Å². The molecule has 0 fully saturated rings. The first-order valence-corrected chi connectivity index (χ1v) is 9.04. The number of rotatable bonds is 1. The maximum Gasteiger partial charge on any atom is 0.344 e. The lowest BCUT2D eigenvalue weighted by atomic mass is 10.00. The predicted molar refractivity (Wildman–Crippen MR) is 108 cm³/mol. The minimum Gasteiger partial charge on any atom is -0.472 e. The van der Waals surface area contributed by atoms with E-state index in [1.165, 1.54) is 5.56 Å². The van der Waals surface area contributed by atoms with E-state index in [9.17, 15) is 4.79 Å². The van der Waals surface area contributed by atoms with Gasteiger partial charge >= 0.3 is 5.63 Å². The molecule has 134 valence electrons. The topological polar surface area (TPSA) is 42.7 Å². The first-order valence-electron chi connectivity index (χ1n) is 9.04. The van der Waals surface area contributed by atoms with Gasteiger partial charge in [-0.3, -0.25) is 0 Å². The zero-order chi connectivity index (χ0) is 18.5. The largest absolute Gasteiger partial charge is 0.472 e. The van der Waals surface area contributed by atoms with Crippen molar-refractivity contribution >= 4 is 27.4 Å². The smallest absolute Gasteiger partial charge is 0.344 e. The molecule has 0 amide bonds. The van der Waals surface area contributed by atoms with E-state index in [0.717, 1.165) is 39.9 Å². The first kappa shape index (κ1) is 15.9. The third-order valence-corrected chi connectivity index (χ3v) is 5.29. The van der Waals surface area contributed by atoms with E-state index >= 15 is 0 Å². The van der Waals surface area contributed by atoms with Gasteiger partial charge in [0.1, 0.15) is 11.3 Å². The van der Waals surface area contributed by atoms with Gasteiger partial charge in [0.15, 0.2) is 6.73 Å². The van der Waals surface area contributed by atoms with Gasteiger partial charge in [-0.25, -0.2) is 4.79 Å². The van der Waals surface area contributed by atoms with Gasteiger partial charge in [-0.05, 0) is 43.5 Å². The molecule has 5 rings (SSSR count). The molecule has 0 spiro atoms. The molecule has 4 aromatic rings. The van der Waals surface area contributed by atoms with Crippen LogP contribution >= 0.6 is 0 Å². The van der Waals surface area contributed by atoms with Crippen molar-refractivity contribution in [2.45, 2.75) is 20.4 Å². The molecule has 0 N–H and O–H groups in total. The van der Waals surface area contributed by atoms with Crippen LogP contribution in [0, 0.1) is 13.8 Å². The van der Waals surface area contributed by atoms with Crippen LogP contribution in [0.1, 0.15) is 16.7 Å². The summed E-state index contributed by atoms with van der Waals surface area (Å²) < 4.78 is 11.7. The summed E-state index contributed by atoms with van der Waals surface area (Å²) in [6.45, 7) is 5.27. The number of benzene rings is 3. The zero-order valence-corrected chi connectivity index (χ0v) is 15.3. The second kappa shape index (κ2) is 5.88. The maximum atomic E-state index is 12.4. The van der Waals surface area contributed by atoms with Crippen molar-refractivity contribution < 1.29 is 9.15 Å².